The number of rotatable bonds is 9. The number of methoxy groups -OCH3 is 3. The van der Waals surface area contributed by atoms with Crippen molar-refractivity contribution >= 4 is 5.91 Å². The Morgan fingerprint density at radius 1 is 1.19 bits per heavy atom. The van der Waals surface area contributed by atoms with Crippen molar-refractivity contribution in [3.8, 4) is 17.2 Å². The van der Waals surface area contributed by atoms with Crippen LogP contribution in [0.2, 0.25) is 0 Å². The molecule has 0 aliphatic rings. The summed E-state index contributed by atoms with van der Waals surface area (Å²) in [5.74, 6) is 1.64. The Bertz CT molecular complexity index is 745. The maximum atomic E-state index is 12.5. The van der Waals surface area contributed by atoms with Gasteiger partial charge in [0.2, 0.25) is 11.7 Å². The summed E-state index contributed by atoms with van der Waals surface area (Å²) in [6.07, 6.45) is 4.09. The molecule has 1 unspecified atom stereocenters. The minimum atomic E-state index is -0.448. The lowest BCUT2D eigenvalue weighted by Crippen LogP contribution is -2.36. The van der Waals surface area contributed by atoms with Crippen LogP contribution in [0.25, 0.3) is 0 Å². The maximum absolute atomic E-state index is 12.5. The average Bonchev–Trinajstić information content (AvgIpc) is 3.07. The smallest absolute Gasteiger partial charge is 0.241 e. The summed E-state index contributed by atoms with van der Waals surface area (Å²) in [5, 5.41) is 10.1. The van der Waals surface area contributed by atoms with Crippen LogP contribution in [-0.4, -0.2) is 50.6 Å². The molecule has 0 saturated heterocycles. The largest absolute Gasteiger partial charge is 0.493 e. The molecule has 1 atom stereocenters. The maximum Gasteiger partial charge on any atom is 0.241 e. The summed E-state index contributed by atoms with van der Waals surface area (Å²) in [7, 11) is 8.29. The van der Waals surface area contributed by atoms with Crippen molar-refractivity contribution in [1.82, 2.24) is 20.4 Å². The molecule has 26 heavy (non-hydrogen) atoms. The predicted molar refractivity (Wildman–Crippen MR) is 97.8 cm³/mol. The van der Waals surface area contributed by atoms with E-state index >= 15 is 0 Å². The summed E-state index contributed by atoms with van der Waals surface area (Å²) in [6.45, 7) is 0.461. The number of aromatic nitrogens is 2. The van der Waals surface area contributed by atoms with Gasteiger partial charge in [-0.15, -0.1) is 0 Å². The standard InChI is InChI=1S/C18H26N4O4/c1-19-15(13-10-21-22(2)11-13)18(23)20-9-8-12-6-7-14(24-3)17(26-5)16(12)25-4/h6-7,10-11,15,19H,8-9H2,1-5H3,(H,20,23). The molecule has 1 amide bonds. The molecular formula is C18H26N4O4. The molecule has 0 bridgehead atoms. The van der Waals surface area contributed by atoms with E-state index in [0.29, 0.717) is 30.2 Å². The van der Waals surface area contributed by atoms with Crippen LogP contribution in [0.5, 0.6) is 17.2 Å². The molecule has 0 radical (unpaired) electrons. The van der Waals surface area contributed by atoms with Gasteiger partial charge in [-0.25, -0.2) is 0 Å². The number of carbonyl (C=O) groups excluding carboxylic acids is 1. The average molecular weight is 362 g/mol. The molecule has 8 heteroatoms. The molecule has 1 heterocycles. The molecule has 2 aromatic rings. The summed E-state index contributed by atoms with van der Waals surface area (Å²) in [5.41, 5.74) is 1.74. The third-order valence-electron chi connectivity index (χ3n) is 4.09. The van der Waals surface area contributed by atoms with Crippen LogP contribution < -0.4 is 24.8 Å². The number of likely N-dealkylation sites (N-methyl/N-ethyl adjacent to an activating group) is 1. The molecule has 0 aliphatic carbocycles. The molecule has 1 aromatic carbocycles. The van der Waals surface area contributed by atoms with Crippen molar-refractivity contribution in [1.29, 1.82) is 0 Å². The first-order valence-corrected chi connectivity index (χ1v) is 8.27. The Morgan fingerprint density at radius 3 is 2.46 bits per heavy atom. The number of nitrogens with zero attached hydrogens (tertiary/aromatic N) is 2. The first-order chi connectivity index (χ1) is 12.5. The van der Waals surface area contributed by atoms with E-state index in [1.54, 1.807) is 39.3 Å². The van der Waals surface area contributed by atoms with E-state index in [-0.39, 0.29) is 5.91 Å². The quantitative estimate of drug-likeness (QED) is 0.694. The second-order valence-corrected chi connectivity index (χ2v) is 5.70. The highest BCUT2D eigenvalue weighted by Gasteiger charge is 2.20. The Morgan fingerprint density at radius 2 is 1.92 bits per heavy atom. The third kappa shape index (κ3) is 4.26. The van der Waals surface area contributed by atoms with E-state index in [1.165, 1.54) is 0 Å². The van der Waals surface area contributed by atoms with Crippen LogP contribution in [0.3, 0.4) is 0 Å². The molecule has 142 valence electrons. The van der Waals surface area contributed by atoms with Crippen LogP contribution in [0.15, 0.2) is 24.5 Å². The monoisotopic (exact) mass is 362 g/mol. The first kappa shape index (κ1) is 19.6. The Balaban J connectivity index is 2.03. The Kier molecular flexibility index (Phi) is 6.85. The number of carbonyl (C=O) groups is 1. The minimum absolute atomic E-state index is 0.111. The van der Waals surface area contributed by atoms with E-state index in [2.05, 4.69) is 15.7 Å². The van der Waals surface area contributed by atoms with E-state index in [1.807, 2.05) is 25.4 Å². The fourth-order valence-corrected chi connectivity index (χ4v) is 2.82. The number of nitrogens with one attached hydrogen (secondary N) is 2. The van der Waals surface area contributed by atoms with Crippen LogP contribution in [0.4, 0.5) is 0 Å². The highest BCUT2D eigenvalue weighted by molar-refractivity contribution is 5.83. The molecule has 2 rings (SSSR count). The van der Waals surface area contributed by atoms with Gasteiger partial charge < -0.3 is 24.8 Å². The van der Waals surface area contributed by atoms with Gasteiger partial charge in [0.25, 0.3) is 0 Å². The lowest BCUT2D eigenvalue weighted by Gasteiger charge is -2.17. The van der Waals surface area contributed by atoms with Gasteiger partial charge in [-0.05, 0) is 19.5 Å². The van der Waals surface area contributed by atoms with Crippen LogP contribution >= 0.6 is 0 Å². The normalized spacial score (nSPS) is 11.7. The molecule has 0 spiro atoms. The highest BCUT2D eigenvalue weighted by Crippen LogP contribution is 2.39. The third-order valence-corrected chi connectivity index (χ3v) is 4.09. The molecule has 8 nitrogen and oxygen atoms in total. The van der Waals surface area contributed by atoms with Crippen molar-refractivity contribution in [2.45, 2.75) is 12.5 Å². The fourth-order valence-electron chi connectivity index (χ4n) is 2.82. The van der Waals surface area contributed by atoms with Gasteiger partial charge >= 0.3 is 0 Å². The van der Waals surface area contributed by atoms with Crippen LogP contribution in [0, 0.1) is 0 Å². The van der Waals surface area contributed by atoms with Gasteiger partial charge in [-0.3, -0.25) is 9.48 Å². The SMILES string of the molecule is CNC(C(=O)NCCc1ccc(OC)c(OC)c1OC)c1cnn(C)c1. The highest BCUT2D eigenvalue weighted by atomic mass is 16.5. The lowest BCUT2D eigenvalue weighted by molar-refractivity contribution is -0.123. The fraction of sp³-hybridized carbons (Fsp3) is 0.444. The van der Waals surface area contributed by atoms with Crippen molar-refractivity contribution in [2.24, 2.45) is 7.05 Å². The van der Waals surface area contributed by atoms with Gasteiger partial charge in [-0.2, -0.15) is 5.10 Å². The zero-order valence-electron chi connectivity index (χ0n) is 15.8. The number of aryl methyl sites for hydroxylation is 1. The number of hydrogen-bond acceptors (Lipinski definition) is 6. The zero-order chi connectivity index (χ0) is 19.1. The molecule has 0 fully saturated rings. The van der Waals surface area contributed by atoms with E-state index < -0.39 is 6.04 Å². The van der Waals surface area contributed by atoms with E-state index in [9.17, 15) is 4.79 Å². The summed E-state index contributed by atoms with van der Waals surface area (Å²) in [6, 6.07) is 3.28. The van der Waals surface area contributed by atoms with Gasteiger partial charge in [-0.1, -0.05) is 6.07 Å². The Labute approximate surface area is 153 Å². The van der Waals surface area contributed by atoms with Crippen molar-refractivity contribution < 1.29 is 19.0 Å². The number of ether oxygens (including phenoxy) is 3. The van der Waals surface area contributed by atoms with Crippen LogP contribution in [0.1, 0.15) is 17.2 Å². The van der Waals surface area contributed by atoms with Gasteiger partial charge in [0, 0.05) is 30.9 Å². The predicted octanol–water partition coefficient (Wildman–Crippen LogP) is 1.07. The van der Waals surface area contributed by atoms with Crippen molar-refractivity contribution in [3.63, 3.8) is 0 Å². The molecule has 0 saturated carbocycles. The van der Waals surface area contributed by atoms with Crippen LogP contribution in [-0.2, 0) is 18.3 Å². The van der Waals surface area contributed by atoms with Gasteiger partial charge in [0.15, 0.2) is 11.5 Å². The molecule has 0 aliphatic heterocycles. The van der Waals surface area contributed by atoms with Crippen molar-refractivity contribution in [3.05, 3.63) is 35.7 Å². The topological polar surface area (TPSA) is 86.6 Å². The van der Waals surface area contributed by atoms with Crippen molar-refractivity contribution in [2.75, 3.05) is 34.9 Å². The molecule has 1 aromatic heterocycles. The minimum Gasteiger partial charge on any atom is -0.493 e. The second kappa shape index (κ2) is 9.10. The summed E-state index contributed by atoms with van der Waals surface area (Å²) < 4.78 is 17.8. The Hall–Kier alpha value is -2.74. The van der Waals surface area contributed by atoms with Gasteiger partial charge in [0.05, 0.1) is 27.5 Å². The number of amides is 1. The number of hydrogen-bond donors (Lipinski definition) is 2. The lowest BCUT2D eigenvalue weighted by atomic mass is 10.1. The zero-order valence-corrected chi connectivity index (χ0v) is 15.8. The molecular weight excluding hydrogens is 336 g/mol. The number of benzene rings is 1. The summed E-state index contributed by atoms with van der Waals surface area (Å²) in [4.78, 5) is 12.5. The molecule has 2 N–H and O–H groups in total. The van der Waals surface area contributed by atoms with E-state index in [0.717, 1.165) is 11.1 Å². The van der Waals surface area contributed by atoms with E-state index in [4.69, 9.17) is 14.2 Å². The first-order valence-electron chi connectivity index (χ1n) is 8.27. The van der Waals surface area contributed by atoms with Gasteiger partial charge in [0.1, 0.15) is 6.04 Å². The summed E-state index contributed by atoms with van der Waals surface area (Å²) >= 11 is 0. The second-order valence-electron chi connectivity index (χ2n) is 5.70.